The summed E-state index contributed by atoms with van der Waals surface area (Å²) in [6.45, 7) is 12.7. The van der Waals surface area contributed by atoms with Gasteiger partial charge in [0, 0.05) is 16.8 Å². The topological polar surface area (TPSA) is 34.1 Å². The molecule has 0 fully saturated rings. The Bertz CT molecular complexity index is 357. The maximum Gasteiger partial charge on any atom is 0.0797 e. The van der Waals surface area contributed by atoms with Crippen LogP contribution >= 0.6 is 11.3 Å². The van der Waals surface area contributed by atoms with Gasteiger partial charge in [-0.05, 0) is 54.0 Å². The molecule has 0 aromatic carbocycles. The van der Waals surface area contributed by atoms with E-state index in [9.17, 15) is 0 Å². The highest BCUT2D eigenvalue weighted by Crippen LogP contribution is 2.13. The van der Waals surface area contributed by atoms with Gasteiger partial charge in [0.05, 0.1) is 23.9 Å². The van der Waals surface area contributed by atoms with E-state index in [1.165, 1.54) is 4.88 Å². The molecule has 1 aromatic rings. The third kappa shape index (κ3) is 7.65. The first-order chi connectivity index (χ1) is 8.88. The number of aromatic nitrogens is 1. The van der Waals surface area contributed by atoms with Crippen LogP contribution in [-0.2, 0) is 11.2 Å². The van der Waals surface area contributed by atoms with Crippen molar-refractivity contribution in [2.45, 2.75) is 65.5 Å². The van der Waals surface area contributed by atoms with Gasteiger partial charge in [-0.25, -0.2) is 4.98 Å². The quantitative estimate of drug-likeness (QED) is 0.741. The fraction of sp³-hybridized carbons (Fsp3) is 0.800. The zero-order valence-electron chi connectivity index (χ0n) is 13.0. The van der Waals surface area contributed by atoms with Gasteiger partial charge in [0.2, 0.25) is 0 Å². The number of thiazole rings is 1. The van der Waals surface area contributed by atoms with Gasteiger partial charge in [-0.1, -0.05) is 0 Å². The van der Waals surface area contributed by atoms with Crippen LogP contribution in [0, 0.1) is 6.92 Å². The molecule has 1 atom stereocenters. The molecule has 1 unspecified atom stereocenters. The van der Waals surface area contributed by atoms with Crippen LogP contribution < -0.4 is 5.32 Å². The largest absolute Gasteiger partial charge is 0.378 e. The van der Waals surface area contributed by atoms with Gasteiger partial charge < -0.3 is 10.1 Å². The van der Waals surface area contributed by atoms with Gasteiger partial charge in [0.25, 0.3) is 0 Å². The summed E-state index contributed by atoms with van der Waals surface area (Å²) in [6, 6.07) is 0. The van der Waals surface area contributed by atoms with Crippen molar-refractivity contribution in [2.75, 3.05) is 13.2 Å². The van der Waals surface area contributed by atoms with E-state index in [4.69, 9.17) is 4.74 Å². The van der Waals surface area contributed by atoms with Crippen molar-refractivity contribution in [2.24, 2.45) is 0 Å². The molecular formula is C15H28N2OS. The first-order valence-electron chi connectivity index (χ1n) is 7.14. The molecule has 3 nitrogen and oxygen atoms in total. The number of aryl methyl sites for hydroxylation is 1. The Kier molecular flexibility index (Phi) is 6.97. The number of nitrogens with one attached hydrogen (secondary N) is 1. The molecule has 0 aliphatic heterocycles. The molecule has 19 heavy (non-hydrogen) atoms. The van der Waals surface area contributed by atoms with Crippen LogP contribution in [0.4, 0.5) is 0 Å². The Balaban J connectivity index is 2.05. The lowest BCUT2D eigenvalue weighted by atomic mass is 10.1. The van der Waals surface area contributed by atoms with Crippen LogP contribution in [0.25, 0.3) is 0 Å². The molecule has 110 valence electrons. The molecule has 0 bridgehead atoms. The Morgan fingerprint density at radius 1 is 1.42 bits per heavy atom. The van der Waals surface area contributed by atoms with Gasteiger partial charge in [-0.3, -0.25) is 0 Å². The summed E-state index contributed by atoms with van der Waals surface area (Å²) in [5, 5.41) is 3.50. The minimum absolute atomic E-state index is 0.216. The van der Waals surface area contributed by atoms with Crippen LogP contribution in [-0.4, -0.2) is 29.8 Å². The predicted molar refractivity (Wildman–Crippen MR) is 83.0 cm³/mol. The molecule has 1 N–H and O–H groups in total. The maximum atomic E-state index is 5.85. The minimum Gasteiger partial charge on any atom is -0.378 e. The van der Waals surface area contributed by atoms with Crippen LogP contribution in [0.2, 0.25) is 0 Å². The number of nitrogens with zero attached hydrogens (tertiary/aromatic N) is 1. The van der Waals surface area contributed by atoms with Crippen molar-refractivity contribution < 1.29 is 4.74 Å². The summed E-state index contributed by atoms with van der Waals surface area (Å²) in [6.07, 6.45) is 3.61. The van der Waals surface area contributed by atoms with Crippen molar-refractivity contribution in [3.63, 3.8) is 0 Å². The van der Waals surface area contributed by atoms with Gasteiger partial charge in [0.15, 0.2) is 0 Å². The van der Waals surface area contributed by atoms with Crippen molar-refractivity contribution in [3.05, 3.63) is 16.1 Å². The van der Waals surface area contributed by atoms with Crippen molar-refractivity contribution in [1.29, 1.82) is 0 Å². The fourth-order valence-electron chi connectivity index (χ4n) is 1.86. The summed E-state index contributed by atoms with van der Waals surface area (Å²) < 4.78 is 5.85. The average Bonchev–Trinajstić information content (AvgIpc) is 2.70. The maximum absolute atomic E-state index is 5.85. The van der Waals surface area contributed by atoms with E-state index in [1.54, 1.807) is 11.3 Å². The van der Waals surface area contributed by atoms with Crippen molar-refractivity contribution in [3.8, 4) is 0 Å². The Morgan fingerprint density at radius 2 is 2.16 bits per heavy atom. The first-order valence-corrected chi connectivity index (χ1v) is 8.02. The molecule has 0 saturated carbocycles. The second-order valence-corrected chi connectivity index (χ2v) is 7.05. The first kappa shape index (κ1) is 16.6. The molecule has 1 aromatic heterocycles. The van der Waals surface area contributed by atoms with Crippen molar-refractivity contribution >= 4 is 11.3 Å². The van der Waals surface area contributed by atoms with Gasteiger partial charge in [-0.2, -0.15) is 0 Å². The predicted octanol–water partition coefficient (Wildman–Crippen LogP) is 3.57. The molecule has 1 rings (SSSR count). The molecule has 4 heteroatoms. The second-order valence-electron chi connectivity index (χ2n) is 6.11. The molecule has 0 saturated heterocycles. The van der Waals surface area contributed by atoms with E-state index in [-0.39, 0.29) is 5.54 Å². The fourth-order valence-corrected chi connectivity index (χ4v) is 2.62. The number of hydrogen-bond acceptors (Lipinski definition) is 4. The van der Waals surface area contributed by atoms with E-state index < -0.39 is 0 Å². The van der Waals surface area contributed by atoms with Gasteiger partial charge >= 0.3 is 0 Å². The molecule has 0 aliphatic rings. The lowest BCUT2D eigenvalue weighted by Gasteiger charge is -2.21. The molecule has 0 amide bonds. The highest BCUT2D eigenvalue weighted by Gasteiger charge is 2.09. The third-order valence-electron chi connectivity index (χ3n) is 3.02. The Morgan fingerprint density at radius 3 is 2.74 bits per heavy atom. The standard InChI is InChI=1S/C15H28N2OS/c1-12(7-6-9-17-15(3,4)5)18-10-8-14-13(2)16-11-19-14/h11-12,17H,6-10H2,1-5H3. The van der Waals surface area contributed by atoms with Crippen LogP contribution in [0.15, 0.2) is 5.51 Å². The smallest absolute Gasteiger partial charge is 0.0797 e. The highest BCUT2D eigenvalue weighted by atomic mass is 32.1. The van der Waals surface area contributed by atoms with E-state index >= 15 is 0 Å². The summed E-state index contributed by atoms with van der Waals surface area (Å²) in [5.74, 6) is 0. The Labute approximate surface area is 121 Å². The minimum atomic E-state index is 0.216. The zero-order valence-corrected chi connectivity index (χ0v) is 13.8. The van der Waals surface area contributed by atoms with Crippen LogP contribution in [0.1, 0.15) is 51.1 Å². The SMILES string of the molecule is Cc1ncsc1CCOC(C)CCCNC(C)(C)C. The van der Waals surface area contributed by atoms with Gasteiger partial charge in [-0.15, -0.1) is 11.3 Å². The van der Waals surface area contributed by atoms with Crippen LogP contribution in [0.3, 0.4) is 0 Å². The molecule has 0 radical (unpaired) electrons. The van der Waals surface area contributed by atoms with Crippen molar-refractivity contribution in [1.82, 2.24) is 10.3 Å². The van der Waals surface area contributed by atoms with Crippen LogP contribution in [0.5, 0.6) is 0 Å². The van der Waals surface area contributed by atoms with E-state index in [1.807, 2.05) is 5.51 Å². The number of hydrogen-bond donors (Lipinski definition) is 1. The van der Waals surface area contributed by atoms with E-state index in [0.717, 1.165) is 38.1 Å². The monoisotopic (exact) mass is 284 g/mol. The summed E-state index contributed by atoms with van der Waals surface area (Å²) in [4.78, 5) is 5.60. The zero-order chi connectivity index (χ0) is 14.3. The van der Waals surface area contributed by atoms with E-state index in [2.05, 4.69) is 44.9 Å². The second kappa shape index (κ2) is 7.98. The molecular weight excluding hydrogens is 256 g/mol. The highest BCUT2D eigenvalue weighted by molar-refractivity contribution is 7.09. The molecule has 0 aliphatic carbocycles. The molecule has 0 spiro atoms. The lowest BCUT2D eigenvalue weighted by Crippen LogP contribution is -2.36. The summed E-state index contributed by atoms with van der Waals surface area (Å²) in [7, 11) is 0. The summed E-state index contributed by atoms with van der Waals surface area (Å²) in [5.41, 5.74) is 3.27. The number of rotatable bonds is 8. The molecule has 1 heterocycles. The average molecular weight is 284 g/mol. The third-order valence-corrected chi connectivity index (χ3v) is 4.01. The lowest BCUT2D eigenvalue weighted by molar-refractivity contribution is 0.0611. The number of ether oxygens (including phenoxy) is 1. The van der Waals surface area contributed by atoms with Gasteiger partial charge in [0.1, 0.15) is 0 Å². The van der Waals surface area contributed by atoms with E-state index in [0.29, 0.717) is 6.10 Å². The summed E-state index contributed by atoms with van der Waals surface area (Å²) >= 11 is 1.72. The Hall–Kier alpha value is -0.450. The normalized spacial score (nSPS) is 13.7.